The van der Waals surface area contributed by atoms with E-state index in [1.54, 1.807) is 0 Å². The van der Waals surface area contributed by atoms with Gasteiger partial charge in [-0.2, -0.15) is 16.8 Å². The van der Waals surface area contributed by atoms with E-state index in [1.165, 1.54) is 64.8 Å². The zero-order chi connectivity index (χ0) is 25.1. The molecule has 0 radical (unpaired) electrons. The number of nitrogens with one attached hydrogen (secondary N) is 1. The first-order valence-corrected chi connectivity index (χ1v) is 13.0. The van der Waals surface area contributed by atoms with Gasteiger partial charge in [-0.3, -0.25) is 4.79 Å². The molecule has 3 rings (SSSR count). The lowest BCUT2D eigenvalue weighted by Crippen LogP contribution is -2.59. The van der Waals surface area contributed by atoms with Gasteiger partial charge < -0.3 is 24.3 Å². The molecule has 11 nitrogen and oxygen atoms in total. The van der Waals surface area contributed by atoms with Crippen LogP contribution in [0.25, 0.3) is 0 Å². The first-order chi connectivity index (χ1) is 16.1. The van der Waals surface area contributed by atoms with Crippen LogP contribution in [0.4, 0.5) is 0 Å². The van der Waals surface area contributed by atoms with E-state index in [4.69, 9.17) is 18.9 Å². The number of ether oxygens (including phenoxy) is 4. The van der Waals surface area contributed by atoms with Crippen LogP contribution < -0.4 is 24.3 Å². The monoisotopic (exact) mass is 515 g/mol. The molecule has 1 aliphatic rings. The van der Waals surface area contributed by atoms with Gasteiger partial charge in [-0.15, -0.1) is 3.29 Å². The summed E-state index contributed by atoms with van der Waals surface area (Å²) in [5.41, 5.74) is 0. The van der Waals surface area contributed by atoms with Gasteiger partial charge in [-0.25, -0.2) is 0 Å². The highest BCUT2D eigenvalue weighted by atomic mass is 32.3. The second kappa shape index (κ2) is 9.78. The summed E-state index contributed by atoms with van der Waals surface area (Å²) >= 11 is 0. The molecule has 0 bridgehead atoms. The second-order valence-electron chi connectivity index (χ2n) is 7.40. The van der Waals surface area contributed by atoms with Crippen LogP contribution in [-0.4, -0.2) is 80.5 Å². The smallest absolute Gasteiger partial charge is 0.342 e. The quantitative estimate of drug-likeness (QED) is 0.503. The highest BCUT2D eigenvalue weighted by Crippen LogP contribution is 2.39. The number of methoxy groups -OCH3 is 4. The van der Waals surface area contributed by atoms with E-state index >= 15 is 0 Å². The topological polar surface area (TPSA) is 134 Å². The van der Waals surface area contributed by atoms with E-state index in [9.17, 15) is 21.6 Å². The summed E-state index contributed by atoms with van der Waals surface area (Å²) in [5.74, 6) is 0.174. The Labute approximate surface area is 198 Å². The SMILES string of the molecule is COc1ccc(S(=O)(=O)[N+]2(S(=O)(=O)c3ccc(OC)c(OC)c3)CCNCC(=O)C2)cc1OC. The Morgan fingerprint density at radius 2 is 1.18 bits per heavy atom. The third-order valence-corrected chi connectivity index (χ3v) is 10.8. The zero-order valence-corrected chi connectivity index (χ0v) is 20.9. The van der Waals surface area contributed by atoms with Gasteiger partial charge in [0.05, 0.1) is 35.0 Å². The minimum Gasteiger partial charge on any atom is -0.493 e. The van der Waals surface area contributed by atoms with E-state index in [2.05, 4.69) is 5.32 Å². The number of ketones is 1. The number of hydrogen-bond donors (Lipinski definition) is 1. The van der Waals surface area contributed by atoms with Gasteiger partial charge in [0.15, 0.2) is 29.5 Å². The van der Waals surface area contributed by atoms with E-state index in [0.29, 0.717) is 0 Å². The maximum atomic E-state index is 14.0. The molecule has 0 atom stereocenters. The molecule has 0 aliphatic carbocycles. The van der Waals surface area contributed by atoms with Crippen LogP contribution >= 0.6 is 0 Å². The maximum absolute atomic E-state index is 14.0. The third-order valence-electron chi connectivity index (χ3n) is 5.55. The lowest BCUT2D eigenvalue weighted by atomic mass is 10.3. The van der Waals surface area contributed by atoms with E-state index in [0.717, 1.165) is 0 Å². The number of carbonyl (C=O) groups is 1. The second-order valence-corrected chi connectivity index (χ2v) is 11.9. The largest absolute Gasteiger partial charge is 0.493 e. The number of sulfonamides is 2. The van der Waals surface area contributed by atoms with Crippen molar-refractivity contribution in [2.24, 2.45) is 0 Å². The van der Waals surface area contributed by atoms with Crippen LogP contribution in [0.2, 0.25) is 0 Å². The van der Waals surface area contributed by atoms with Crippen molar-refractivity contribution < 1.29 is 43.9 Å². The zero-order valence-electron chi connectivity index (χ0n) is 19.2. The van der Waals surface area contributed by atoms with Crippen LogP contribution in [0.1, 0.15) is 0 Å². The molecule has 186 valence electrons. The van der Waals surface area contributed by atoms with Crippen molar-refractivity contribution in [2.45, 2.75) is 9.79 Å². The Hall–Kier alpha value is -2.87. The Morgan fingerprint density at radius 1 is 0.735 bits per heavy atom. The van der Waals surface area contributed by atoms with Gasteiger partial charge in [0.2, 0.25) is 5.78 Å². The molecule has 0 amide bonds. The van der Waals surface area contributed by atoms with E-state index in [-0.39, 0.29) is 45.9 Å². The predicted molar refractivity (Wildman–Crippen MR) is 121 cm³/mol. The standard InChI is InChI=1S/C21H27N2O9S2/c1-29-18-7-5-16(11-20(18)31-3)33(25,26)23(10-9-22-13-15(24)14-23)34(27,28)17-6-8-19(30-2)21(12-17)32-4/h5-8,11-12,22H,9-10,13-14H2,1-4H3/q+1. The van der Waals surface area contributed by atoms with Crippen molar-refractivity contribution in [1.82, 2.24) is 5.32 Å². The summed E-state index contributed by atoms with van der Waals surface area (Å²) in [5, 5.41) is 2.80. The lowest BCUT2D eigenvalue weighted by Gasteiger charge is -2.33. The molecule has 0 aromatic heterocycles. The van der Waals surface area contributed by atoms with Crippen LogP contribution in [0.15, 0.2) is 46.2 Å². The van der Waals surface area contributed by atoms with Gasteiger partial charge in [0.25, 0.3) is 0 Å². The van der Waals surface area contributed by atoms with Crippen LogP contribution in [0, 0.1) is 0 Å². The average Bonchev–Trinajstić information content (AvgIpc) is 3.05. The summed E-state index contributed by atoms with van der Waals surface area (Å²) in [6, 6.07) is 7.54. The van der Waals surface area contributed by atoms with Gasteiger partial charge in [-0.1, -0.05) is 0 Å². The number of quaternary nitrogens is 1. The van der Waals surface area contributed by atoms with E-state index in [1.807, 2.05) is 0 Å². The number of Topliss-reactive ketones (excluding diaryl/α,β-unsaturated/α-hetero) is 1. The molecule has 1 heterocycles. The van der Waals surface area contributed by atoms with Crippen LogP contribution in [0.3, 0.4) is 0 Å². The molecule has 1 saturated heterocycles. The summed E-state index contributed by atoms with van der Waals surface area (Å²) in [7, 11) is -3.95. The molecule has 0 unspecified atom stereocenters. The summed E-state index contributed by atoms with van der Waals surface area (Å²) in [6.07, 6.45) is 0. The van der Waals surface area contributed by atoms with Gasteiger partial charge in [0, 0.05) is 18.7 Å². The molecule has 13 heteroatoms. The van der Waals surface area contributed by atoms with Crippen molar-refractivity contribution in [3.8, 4) is 23.0 Å². The first-order valence-electron chi connectivity index (χ1n) is 10.1. The van der Waals surface area contributed by atoms with Crippen molar-refractivity contribution >= 4 is 25.8 Å². The maximum Gasteiger partial charge on any atom is 0.342 e. The van der Waals surface area contributed by atoms with Crippen LogP contribution in [-0.2, 0) is 24.8 Å². The van der Waals surface area contributed by atoms with E-state index < -0.39 is 42.2 Å². The first kappa shape index (κ1) is 25.7. The van der Waals surface area contributed by atoms with Crippen molar-refractivity contribution in [2.75, 3.05) is 54.6 Å². The highest BCUT2D eigenvalue weighted by molar-refractivity contribution is 7.98. The fraction of sp³-hybridized carbons (Fsp3) is 0.381. The van der Waals surface area contributed by atoms with Gasteiger partial charge in [0.1, 0.15) is 16.3 Å². The summed E-state index contributed by atoms with van der Waals surface area (Å²) in [4.78, 5) is 11.9. The summed E-state index contributed by atoms with van der Waals surface area (Å²) < 4.78 is 75.3. The Kier molecular flexibility index (Phi) is 7.41. The predicted octanol–water partition coefficient (Wildman–Crippen LogP) is 0.788. The minimum absolute atomic E-state index is 0.0230. The number of rotatable bonds is 8. The normalized spacial score (nSPS) is 16.4. The molecular weight excluding hydrogens is 488 g/mol. The molecular formula is C21H27N2O9S2+. The molecule has 0 spiro atoms. The summed E-state index contributed by atoms with van der Waals surface area (Å²) in [6.45, 7) is -1.35. The fourth-order valence-electron chi connectivity index (χ4n) is 3.76. The van der Waals surface area contributed by atoms with Gasteiger partial charge in [-0.05, 0) is 24.3 Å². The lowest BCUT2D eigenvalue weighted by molar-refractivity contribution is -0.660. The molecule has 1 N–H and O–H groups in total. The minimum atomic E-state index is -4.70. The molecule has 2 aromatic rings. The highest BCUT2D eigenvalue weighted by Gasteiger charge is 2.56. The Morgan fingerprint density at radius 3 is 1.59 bits per heavy atom. The number of benzene rings is 2. The molecule has 34 heavy (non-hydrogen) atoms. The Bertz CT molecular complexity index is 1210. The van der Waals surface area contributed by atoms with Crippen molar-refractivity contribution in [3.05, 3.63) is 36.4 Å². The molecule has 0 saturated carbocycles. The number of carbonyl (C=O) groups excluding carboxylic acids is 1. The average molecular weight is 516 g/mol. The van der Waals surface area contributed by atoms with Crippen molar-refractivity contribution in [3.63, 3.8) is 0 Å². The molecule has 1 aliphatic heterocycles. The molecule has 2 aromatic carbocycles. The third kappa shape index (κ3) is 4.19. The Balaban J connectivity index is 2.30. The van der Waals surface area contributed by atoms with Crippen LogP contribution in [0.5, 0.6) is 23.0 Å². The fourth-order valence-corrected chi connectivity index (χ4v) is 8.36. The van der Waals surface area contributed by atoms with Gasteiger partial charge >= 0.3 is 20.0 Å². The van der Waals surface area contributed by atoms with Crippen molar-refractivity contribution in [1.29, 1.82) is 0 Å². The number of hydrogen-bond acceptors (Lipinski definition) is 10. The molecule has 1 fully saturated rings. The number of nitrogens with zero attached hydrogens (tertiary/aromatic N) is 1.